The molecule has 592 valence electrons. The molecule has 12 aromatic heterocycles. The average Bonchev–Trinajstić information content (AvgIpc) is 1.68. The number of pyridine rings is 3. The molecule has 0 radical (unpaired) electrons. The largest absolute Gasteiger partial charge is 0.477 e. The van der Waals surface area contributed by atoms with Crippen molar-refractivity contribution in [2.45, 2.75) is 137 Å². The zero-order chi connectivity index (χ0) is 80.4. The smallest absolute Gasteiger partial charge is 0.341 e. The Morgan fingerprint density at radius 3 is 1.24 bits per heavy atom. The second-order valence-electron chi connectivity index (χ2n) is 30.1. The first kappa shape index (κ1) is 75.7. The van der Waals surface area contributed by atoms with Gasteiger partial charge in [-0.25, -0.2) is 62.2 Å². The number of carboxylic acid groups (broad SMARTS) is 1. The number of amides is 2. The van der Waals surface area contributed by atoms with Crippen LogP contribution in [0, 0.1) is 6.92 Å². The number of rotatable bonds is 20. The van der Waals surface area contributed by atoms with Gasteiger partial charge in [0.15, 0.2) is 26.8 Å². The molecule has 28 nitrogen and oxygen atoms in total. The molecule has 0 unspecified atom stereocenters. The number of aromatic nitrogens is 15. The first-order valence-electron chi connectivity index (χ1n) is 38.4. The molecule has 116 heavy (non-hydrogen) atoms. The molecule has 32 heteroatoms. The van der Waals surface area contributed by atoms with E-state index < -0.39 is 51.7 Å². The standard InChI is InChI=1S/C28H26FN7O.C25H22N6O2.C21H20FN7O.C10H11FO2S.H3NO/c1-34(15-17-6-3-2-4-7-17)25-13-23(21-16-35(18-9-10-18)26-19(21)8-5-11-30-26)32-27-20(14-31-36(25)27)28(37)33-24-12-22(24)29;1-29(14-16-6-3-2-4-7-16)22-12-21(28-24-19(25(32)33)13-27-31(22)24)20-15-30(17-9-10-17)23-18(20)8-5-11-26-23;1-23-18-8-16(14-10-28(11-4-5-11)19-12(14)3-2-6-24-19)26-20-13(9-25-29(18)20)21(30)27-17-7-15(17)22;1-7-2-4-8(5-3-7)14(12,13)10-6-9(10)11;1-2/h2-8,11,13-14,16,18,22,24H,9-10,12,15H2,1H3,(H,33,37);2-8,11-13,15,17H,9-10,14H2,1H3,(H,32,33);2-3,6,8-11,15,17,23H,4-5,7H2,1H3,(H,27,30);2-5,9-10H,6H2,1H3;2H,1H2/t22-,24+;;15-,17+;9-,10+;/m0.00./s1. The van der Waals surface area contributed by atoms with E-state index in [9.17, 15) is 41.1 Å². The lowest BCUT2D eigenvalue weighted by atomic mass is 10.1. The van der Waals surface area contributed by atoms with Gasteiger partial charge >= 0.3 is 5.97 Å². The highest BCUT2D eigenvalue weighted by atomic mass is 32.2. The number of nitrogens with zero attached hydrogens (tertiary/aromatic N) is 17. The molecule has 7 N–H and O–H groups in total. The number of nitrogens with one attached hydrogen (secondary N) is 3. The summed E-state index contributed by atoms with van der Waals surface area (Å²) in [7, 11) is 2.37. The Labute approximate surface area is 662 Å². The minimum atomic E-state index is -3.41. The summed E-state index contributed by atoms with van der Waals surface area (Å²) in [6.07, 6.45) is 20.7. The summed E-state index contributed by atoms with van der Waals surface area (Å²) in [5, 5.41) is 40.3. The minimum Gasteiger partial charge on any atom is -0.477 e. The number of benzene rings is 3. The van der Waals surface area contributed by atoms with Crippen LogP contribution in [-0.2, 0) is 22.9 Å². The number of carbonyl (C=O) groups is 3. The molecule has 6 aliphatic carbocycles. The molecule has 0 saturated heterocycles. The number of sulfone groups is 1. The quantitative estimate of drug-likeness (QED) is 0.0386. The maximum absolute atomic E-state index is 13.5. The van der Waals surface area contributed by atoms with E-state index in [2.05, 4.69) is 125 Å². The molecular formula is C84H82F3N21O7S. The zero-order valence-corrected chi connectivity index (χ0v) is 64.4. The third kappa shape index (κ3) is 15.2. The van der Waals surface area contributed by atoms with Crippen molar-refractivity contribution < 1.29 is 46.3 Å². The van der Waals surface area contributed by atoms with Crippen LogP contribution in [0.25, 0.3) is 83.8 Å². The van der Waals surface area contributed by atoms with Crippen LogP contribution in [0.3, 0.4) is 0 Å². The lowest BCUT2D eigenvalue weighted by molar-refractivity contribution is 0.0698. The third-order valence-corrected chi connectivity index (χ3v) is 23.8. The van der Waals surface area contributed by atoms with Crippen molar-refractivity contribution in [1.29, 1.82) is 0 Å². The van der Waals surface area contributed by atoms with Gasteiger partial charge in [-0.05, 0) is 112 Å². The highest BCUT2D eigenvalue weighted by Gasteiger charge is 2.49. The van der Waals surface area contributed by atoms with Gasteiger partial charge in [-0.15, -0.1) is 0 Å². The fraction of sp³-hybridized carbons (Fsp3) is 0.286. The Kier molecular flexibility index (Phi) is 20.3. The van der Waals surface area contributed by atoms with Gasteiger partial charge in [0.1, 0.15) is 69.6 Å². The average molecular weight is 1590 g/mol. The second kappa shape index (κ2) is 31.1. The molecule has 0 aliphatic heterocycles. The predicted molar refractivity (Wildman–Crippen MR) is 433 cm³/mol. The van der Waals surface area contributed by atoms with Crippen molar-refractivity contribution in [2.24, 2.45) is 5.90 Å². The van der Waals surface area contributed by atoms with Gasteiger partial charge in [0.25, 0.3) is 11.8 Å². The number of aryl methyl sites for hydroxylation is 1. The maximum Gasteiger partial charge on any atom is 0.341 e. The molecule has 6 aliphatic rings. The second-order valence-corrected chi connectivity index (χ2v) is 32.3. The van der Waals surface area contributed by atoms with Crippen LogP contribution in [0.15, 0.2) is 200 Å². The molecule has 6 atom stereocenters. The summed E-state index contributed by atoms with van der Waals surface area (Å²) in [5.74, 6) is 4.01. The van der Waals surface area contributed by atoms with Crippen molar-refractivity contribution in [2.75, 3.05) is 36.3 Å². The minimum absolute atomic E-state index is 0.0790. The number of hydrogen-bond acceptors (Lipinski definition) is 19. The van der Waals surface area contributed by atoms with E-state index in [1.165, 1.54) is 30.7 Å². The predicted octanol–water partition coefficient (Wildman–Crippen LogP) is 13.1. The first-order valence-corrected chi connectivity index (χ1v) is 39.9. The molecule has 21 rings (SSSR count). The van der Waals surface area contributed by atoms with Gasteiger partial charge in [0.2, 0.25) is 0 Å². The monoisotopic (exact) mass is 1590 g/mol. The molecule has 15 aromatic rings. The van der Waals surface area contributed by atoms with E-state index in [4.69, 9.17) is 20.2 Å². The van der Waals surface area contributed by atoms with Crippen LogP contribution >= 0.6 is 0 Å². The summed E-state index contributed by atoms with van der Waals surface area (Å²) in [5.41, 5.74) is 13.1. The zero-order valence-electron chi connectivity index (χ0n) is 63.6. The molecule has 0 bridgehead atoms. The molecule has 6 fully saturated rings. The number of alkyl halides is 3. The highest BCUT2D eigenvalue weighted by molar-refractivity contribution is 7.92. The third-order valence-electron chi connectivity index (χ3n) is 21.5. The number of carbonyl (C=O) groups excluding carboxylic acids is 2. The summed E-state index contributed by atoms with van der Waals surface area (Å²) < 4.78 is 74.3. The fourth-order valence-electron chi connectivity index (χ4n) is 14.6. The van der Waals surface area contributed by atoms with Crippen LogP contribution in [0.4, 0.5) is 30.6 Å². The normalized spacial score (nSPS) is 18.4. The van der Waals surface area contributed by atoms with Gasteiger partial charge in [0, 0.05) is 153 Å². The molecule has 2 amide bonds. The Morgan fingerprint density at radius 2 is 0.871 bits per heavy atom. The van der Waals surface area contributed by atoms with Gasteiger partial charge in [-0.2, -0.15) is 28.8 Å². The van der Waals surface area contributed by atoms with Gasteiger partial charge in [0.05, 0.1) is 57.9 Å². The number of fused-ring (bicyclic) bond motifs is 6. The first-order chi connectivity index (χ1) is 56.3. The van der Waals surface area contributed by atoms with Crippen molar-refractivity contribution >= 4 is 95.1 Å². The van der Waals surface area contributed by atoms with Gasteiger partial charge < -0.3 is 49.8 Å². The van der Waals surface area contributed by atoms with E-state index in [1.807, 2.05) is 112 Å². The van der Waals surface area contributed by atoms with E-state index in [-0.39, 0.29) is 28.7 Å². The Morgan fingerprint density at radius 1 is 0.500 bits per heavy atom. The van der Waals surface area contributed by atoms with Crippen molar-refractivity contribution in [3.05, 3.63) is 229 Å². The Balaban J connectivity index is 0.000000115. The lowest BCUT2D eigenvalue weighted by Gasteiger charge is -2.21. The van der Waals surface area contributed by atoms with Crippen molar-refractivity contribution in [3.63, 3.8) is 0 Å². The fourth-order valence-corrected chi connectivity index (χ4v) is 16.3. The number of hydrogen-bond donors (Lipinski definition) is 6. The van der Waals surface area contributed by atoms with Crippen LogP contribution in [-0.4, -0.2) is 166 Å². The molecule has 6 saturated carbocycles. The lowest BCUT2D eigenvalue weighted by Crippen LogP contribution is -2.27. The summed E-state index contributed by atoms with van der Waals surface area (Å²) in [6.45, 7) is 3.18. The summed E-state index contributed by atoms with van der Waals surface area (Å²) in [6, 6.07) is 45.2. The topological polar surface area (TPSA) is 338 Å². The van der Waals surface area contributed by atoms with Crippen LogP contribution in [0.1, 0.15) is 124 Å². The summed E-state index contributed by atoms with van der Waals surface area (Å²) >= 11 is 0. The number of halogens is 3. The number of nitrogens with two attached hydrogens (primary N) is 1. The molecular weight excluding hydrogens is 1500 g/mol. The SMILES string of the molecule is CN(Cc1ccccc1)c1cc(-c2cn(C3CC3)c3ncccc23)nc2c(C(=O)N[C@@H]3C[C@@H]3F)cnn12.CN(Cc1ccccc1)c1cc(-c2cn(C3CC3)c3ncccc23)nc2c(C(=O)O)cnn12.CNc1cc(-c2cn(C3CC3)c3ncccc23)nc2c(C(=O)N[C@@H]3C[C@@H]3F)cnn12.Cc1ccc(S(=O)(=O)[C@@H]2C[C@@H]2F)cc1.NO. The Hall–Kier alpha value is -12.9. The van der Waals surface area contributed by atoms with Crippen molar-refractivity contribution in [3.8, 4) is 33.8 Å². The van der Waals surface area contributed by atoms with Crippen molar-refractivity contribution in [1.82, 2.24) is 83.1 Å². The van der Waals surface area contributed by atoms with E-state index >= 15 is 0 Å². The number of aromatic carboxylic acids is 1. The number of anilines is 3. The molecule has 0 spiro atoms. The number of carboxylic acids is 1. The van der Waals surface area contributed by atoms with E-state index in [0.29, 0.717) is 83.6 Å². The maximum atomic E-state index is 13.5. The highest BCUT2D eigenvalue weighted by Crippen LogP contribution is 2.45. The molecule has 3 aromatic carbocycles. The molecule has 12 heterocycles. The van der Waals surface area contributed by atoms with Crippen LogP contribution in [0.5, 0.6) is 0 Å². The van der Waals surface area contributed by atoms with Crippen LogP contribution in [0.2, 0.25) is 0 Å². The van der Waals surface area contributed by atoms with Crippen LogP contribution < -0.4 is 31.6 Å². The summed E-state index contributed by atoms with van der Waals surface area (Å²) in [4.78, 5) is 70.3. The van der Waals surface area contributed by atoms with Gasteiger partial charge in [-0.3, -0.25) is 9.59 Å². The Bertz CT molecular complexity index is 6360. The van der Waals surface area contributed by atoms with E-state index in [0.717, 1.165) is 128 Å². The van der Waals surface area contributed by atoms with Gasteiger partial charge in [-0.1, -0.05) is 78.4 Å². The van der Waals surface area contributed by atoms with E-state index in [1.54, 1.807) is 45.1 Å².